The van der Waals surface area contributed by atoms with Gasteiger partial charge in [0, 0.05) is 31.3 Å². The molecule has 8 heteroatoms. The molecule has 1 aromatic rings. The maximum absolute atomic E-state index is 12.0. The van der Waals surface area contributed by atoms with Gasteiger partial charge in [0.25, 0.3) is 5.91 Å². The third-order valence-electron chi connectivity index (χ3n) is 3.13. The number of methoxy groups -OCH3 is 1. The third kappa shape index (κ3) is 3.89. The first-order valence-electron chi connectivity index (χ1n) is 6.54. The Morgan fingerprint density at radius 2 is 2.43 bits per heavy atom. The number of nitro benzene ring substituents is 1. The summed E-state index contributed by atoms with van der Waals surface area (Å²) in [5, 5.41) is 16.8. The Balaban J connectivity index is 2.01. The van der Waals surface area contributed by atoms with Gasteiger partial charge < -0.3 is 20.1 Å². The van der Waals surface area contributed by atoms with Gasteiger partial charge in [-0.05, 0) is 12.1 Å². The molecule has 1 aliphatic heterocycles. The van der Waals surface area contributed by atoms with Gasteiger partial charge in [0.05, 0.1) is 24.7 Å². The zero-order chi connectivity index (χ0) is 15.2. The summed E-state index contributed by atoms with van der Waals surface area (Å²) in [4.78, 5) is 22.4. The molecule has 1 aromatic carbocycles. The predicted molar refractivity (Wildman–Crippen MR) is 74.6 cm³/mol. The van der Waals surface area contributed by atoms with Crippen molar-refractivity contribution in [2.45, 2.75) is 6.10 Å². The molecule has 1 unspecified atom stereocenters. The Hall–Kier alpha value is -2.19. The summed E-state index contributed by atoms with van der Waals surface area (Å²) in [6.45, 7) is 2.43. The van der Waals surface area contributed by atoms with Gasteiger partial charge in [0.1, 0.15) is 0 Å². The first kappa shape index (κ1) is 15.2. The van der Waals surface area contributed by atoms with Gasteiger partial charge in [-0.3, -0.25) is 14.9 Å². The van der Waals surface area contributed by atoms with E-state index >= 15 is 0 Å². The van der Waals surface area contributed by atoms with Crippen LogP contribution in [0.1, 0.15) is 10.4 Å². The lowest BCUT2D eigenvalue weighted by Gasteiger charge is -2.23. The summed E-state index contributed by atoms with van der Waals surface area (Å²) in [7, 11) is 1.34. The lowest BCUT2D eigenvalue weighted by atomic mass is 10.1. The lowest BCUT2D eigenvalue weighted by molar-refractivity contribution is -0.385. The van der Waals surface area contributed by atoms with Crippen molar-refractivity contribution in [3.8, 4) is 5.75 Å². The van der Waals surface area contributed by atoms with Crippen LogP contribution in [0.2, 0.25) is 0 Å². The zero-order valence-electron chi connectivity index (χ0n) is 11.6. The van der Waals surface area contributed by atoms with Crippen molar-refractivity contribution in [1.29, 1.82) is 0 Å². The van der Waals surface area contributed by atoms with Crippen LogP contribution < -0.4 is 15.4 Å². The second kappa shape index (κ2) is 7.00. The van der Waals surface area contributed by atoms with Crippen molar-refractivity contribution < 1.29 is 19.2 Å². The number of nitrogens with one attached hydrogen (secondary N) is 2. The number of carbonyl (C=O) groups is 1. The molecular weight excluding hydrogens is 278 g/mol. The van der Waals surface area contributed by atoms with E-state index < -0.39 is 4.92 Å². The molecule has 1 saturated heterocycles. The van der Waals surface area contributed by atoms with E-state index in [1.807, 2.05) is 0 Å². The molecule has 1 amide bonds. The van der Waals surface area contributed by atoms with Gasteiger partial charge in [-0.2, -0.15) is 0 Å². The smallest absolute Gasteiger partial charge is 0.311 e. The van der Waals surface area contributed by atoms with Gasteiger partial charge in [0.2, 0.25) is 0 Å². The first-order chi connectivity index (χ1) is 10.1. The van der Waals surface area contributed by atoms with E-state index in [0.29, 0.717) is 19.7 Å². The number of hydrogen-bond donors (Lipinski definition) is 2. The third-order valence-corrected chi connectivity index (χ3v) is 3.13. The van der Waals surface area contributed by atoms with Gasteiger partial charge in [-0.1, -0.05) is 0 Å². The molecule has 114 valence electrons. The standard InChI is InChI=1S/C13H17N3O5/c1-20-12-3-2-9(6-11(12)16(18)19)13(17)15-8-10-7-14-4-5-21-10/h2-3,6,10,14H,4-5,7-8H2,1H3,(H,15,17). The summed E-state index contributed by atoms with van der Waals surface area (Å²) in [5.74, 6) is -0.258. The molecule has 21 heavy (non-hydrogen) atoms. The van der Waals surface area contributed by atoms with Crippen molar-refractivity contribution in [2.75, 3.05) is 33.4 Å². The van der Waals surface area contributed by atoms with E-state index in [0.717, 1.165) is 6.54 Å². The predicted octanol–water partition coefficient (Wildman–Crippen LogP) is 0.322. The minimum Gasteiger partial charge on any atom is -0.490 e. The second-order valence-corrected chi connectivity index (χ2v) is 4.55. The molecule has 2 rings (SSSR count). The van der Waals surface area contributed by atoms with Crippen LogP contribution in [0.5, 0.6) is 5.75 Å². The van der Waals surface area contributed by atoms with Crippen molar-refractivity contribution in [2.24, 2.45) is 0 Å². The van der Waals surface area contributed by atoms with E-state index in [1.54, 1.807) is 0 Å². The fraction of sp³-hybridized carbons (Fsp3) is 0.462. The van der Waals surface area contributed by atoms with E-state index in [4.69, 9.17) is 9.47 Å². The molecular formula is C13H17N3O5. The minimum atomic E-state index is -0.580. The van der Waals surface area contributed by atoms with Crippen LogP contribution in [0.15, 0.2) is 18.2 Å². The zero-order valence-corrected chi connectivity index (χ0v) is 11.6. The fourth-order valence-electron chi connectivity index (χ4n) is 2.03. The molecule has 8 nitrogen and oxygen atoms in total. The molecule has 0 aromatic heterocycles. The summed E-state index contributed by atoms with van der Waals surface area (Å²) >= 11 is 0. The normalized spacial score (nSPS) is 18.0. The van der Waals surface area contributed by atoms with Crippen molar-refractivity contribution in [1.82, 2.24) is 10.6 Å². The van der Waals surface area contributed by atoms with Crippen molar-refractivity contribution >= 4 is 11.6 Å². The van der Waals surface area contributed by atoms with Crippen LogP contribution >= 0.6 is 0 Å². The lowest BCUT2D eigenvalue weighted by Crippen LogP contribution is -2.45. The van der Waals surface area contributed by atoms with Crippen LogP contribution in [0, 0.1) is 10.1 Å². The van der Waals surface area contributed by atoms with Crippen LogP contribution in [0.25, 0.3) is 0 Å². The number of morpholine rings is 1. The number of nitro groups is 1. The quantitative estimate of drug-likeness (QED) is 0.599. The molecule has 1 atom stereocenters. The van der Waals surface area contributed by atoms with Gasteiger partial charge in [-0.25, -0.2) is 0 Å². The Morgan fingerprint density at radius 3 is 3.05 bits per heavy atom. The molecule has 0 spiro atoms. The van der Waals surface area contributed by atoms with Crippen LogP contribution in [0.4, 0.5) is 5.69 Å². The van der Waals surface area contributed by atoms with Crippen LogP contribution in [0.3, 0.4) is 0 Å². The molecule has 1 aliphatic rings. The average molecular weight is 295 g/mol. The van der Waals surface area contributed by atoms with E-state index in [9.17, 15) is 14.9 Å². The number of hydrogen-bond acceptors (Lipinski definition) is 6. The maximum atomic E-state index is 12.0. The Labute approximate surface area is 121 Å². The number of benzene rings is 1. The van der Waals surface area contributed by atoms with Gasteiger partial charge in [0.15, 0.2) is 5.75 Å². The Kier molecular flexibility index (Phi) is 5.07. The largest absolute Gasteiger partial charge is 0.490 e. The fourth-order valence-corrected chi connectivity index (χ4v) is 2.03. The first-order valence-corrected chi connectivity index (χ1v) is 6.54. The number of nitrogens with zero attached hydrogens (tertiary/aromatic N) is 1. The maximum Gasteiger partial charge on any atom is 0.311 e. The highest BCUT2D eigenvalue weighted by Crippen LogP contribution is 2.27. The molecule has 0 radical (unpaired) electrons. The van der Waals surface area contributed by atoms with Crippen molar-refractivity contribution in [3.05, 3.63) is 33.9 Å². The van der Waals surface area contributed by atoms with Gasteiger partial charge >= 0.3 is 5.69 Å². The van der Waals surface area contributed by atoms with Gasteiger partial charge in [-0.15, -0.1) is 0 Å². The molecule has 1 fully saturated rings. The Morgan fingerprint density at radius 1 is 1.62 bits per heavy atom. The summed E-state index contributed by atoms with van der Waals surface area (Å²) in [6, 6.07) is 4.10. The molecule has 1 heterocycles. The highest BCUT2D eigenvalue weighted by atomic mass is 16.6. The average Bonchev–Trinajstić information content (AvgIpc) is 2.52. The number of amides is 1. The SMILES string of the molecule is COc1ccc(C(=O)NCC2CNCCO2)cc1[N+](=O)[O-]. The highest BCUT2D eigenvalue weighted by Gasteiger charge is 2.19. The minimum absolute atomic E-state index is 0.0871. The summed E-state index contributed by atoms with van der Waals surface area (Å²) in [5.41, 5.74) is -0.0213. The number of carbonyl (C=O) groups excluding carboxylic acids is 1. The van der Waals surface area contributed by atoms with Crippen LogP contribution in [-0.4, -0.2) is 50.3 Å². The van der Waals surface area contributed by atoms with Crippen LogP contribution in [-0.2, 0) is 4.74 Å². The van der Waals surface area contributed by atoms with Crippen molar-refractivity contribution in [3.63, 3.8) is 0 Å². The number of rotatable bonds is 5. The Bertz CT molecular complexity index is 529. The molecule has 0 saturated carbocycles. The molecule has 0 bridgehead atoms. The second-order valence-electron chi connectivity index (χ2n) is 4.55. The molecule has 0 aliphatic carbocycles. The summed E-state index contributed by atoms with van der Waals surface area (Å²) < 4.78 is 10.4. The molecule has 2 N–H and O–H groups in total. The topological polar surface area (TPSA) is 103 Å². The number of ether oxygens (including phenoxy) is 2. The van der Waals surface area contributed by atoms with E-state index in [2.05, 4.69) is 10.6 Å². The van der Waals surface area contributed by atoms with E-state index in [-0.39, 0.29) is 29.0 Å². The highest BCUT2D eigenvalue weighted by molar-refractivity contribution is 5.95. The summed E-state index contributed by atoms with van der Waals surface area (Å²) in [6.07, 6.45) is -0.0871. The monoisotopic (exact) mass is 295 g/mol. The van der Waals surface area contributed by atoms with E-state index in [1.165, 1.54) is 25.3 Å².